The van der Waals surface area contributed by atoms with E-state index in [0.717, 1.165) is 46.3 Å². The second kappa shape index (κ2) is 8.65. The second-order valence-corrected chi connectivity index (χ2v) is 11.7. The summed E-state index contributed by atoms with van der Waals surface area (Å²) < 4.78 is 32.4. The molecule has 2 aliphatic heterocycles. The molecule has 0 unspecified atom stereocenters. The largest absolute Gasteiger partial charge is 0.496 e. The summed E-state index contributed by atoms with van der Waals surface area (Å²) in [7, 11) is -1.62. The number of likely N-dealkylation sites (tertiary alicyclic amines) is 1. The molecule has 2 aliphatic rings. The van der Waals surface area contributed by atoms with Crippen LogP contribution in [0.2, 0.25) is 0 Å². The van der Waals surface area contributed by atoms with Crippen LogP contribution in [-0.4, -0.2) is 66.2 Å². The summed E-state index contributed by atoms with van der Waals surface area (Å²) in [4.78, 5) is 17.2. The van der Waals surface area contributed by atoms with Gasteiger partial charge in [0.2, 0.25) is 10.0 Å². The molecule has 2 atom stereocenters. The van der Waals surface area contributed by atoms with E-state index in [9.17, 15) is 18.3 Å². The highest BCUT2D eigenvalue weighted by Gasteiger charge is 2.50. The number of hydrogen-bond donors (Lipinski definition) is 2. The minimum Gasteiger partial charge on any atom is -0.496 e. The Morgan fingerprint density at radius 3 is 2.63 bits per heavy atom. The van der Waals surface area contributed by atoms with E-state index in [2.05, 4.69) is 28.9 Å². The number of piperidine rings is 2. The van der Waals surface area contributed by atoms with Gasteiger partial charge in [0, 0.05) is 53.9 Å². The summed E-state index contributed by atoms with van der Waals surface area (Å²) in [5.41, 5.74) is 4.16. The molecule has 35 heavy (non-hydrogen) atoms. The van der Waals surface area contributed by atoms with Gasteiger partial charge in [0.1, 0.15) is 5.75 Å². The van der Waals surface area contributed by atoms with Gasteiger partial charge in [-0.15, -0.1) is 0 Å². The molecular formula is C26H31N3O5S. The maximum Gasteiger partial charge on any atom is 0.335 e. The molecule has 2 fully saturated rings. The Labute approximate surface area is 205 Å². The molecule has 2 saturated heterocycles. The normalized spacial score (nSPS) is 23.5. The predicted molar refractivity (Wildman–Crippen MR) is 134 cm³/mol. The van der Waals surface area contributed by atoms with Crippen LogP contribution in [0.5, 0.6) is 5.75 Å². The number of fused-ring (bicyclic) bond motifs is 3. The van der Waals surface area contributed by atoms with Crippen molar-refractivity contribution in [3.05, 3.63) is 64.8 Å². The molecule has 0 aliphatic carbocycles. The average molecular weight is 498 g/mol. The third-order valence-electron chi connectivity index (χ3n) is 7.84. The number of sulfonamides is 1. The van der Waals surface area contributed by atoms with Crippen molar-refractivity contribution < 1.29 is 23.1 Å². The molecule has 1 aromatic heterocycles. The molecule has 5 rings (SSSR count). The molecule has 186 valence electrons. The molecule has 3 heterocycles. The van der Waals surface area contributed by atoms with E-state index in [1.54, 1.807) is 23.5 Å². The van der Waals surface area contributed by atoms with Crippen LogP contribution in [0.25, 0.3) is 10.9 Å². The van der Waals surface area contributed by atoms with Gasteiger partial charge >= 0.3 is 5.97 Å². The zero-order valence-corrected chi connectivity index (χ0v) is 21.1. The first-order valence-corrected chi connectivity index (χ1v) is 13.7. The number of carboxylic acids is 1. The van der Waals surface area contributed by atoms with E-state index in [0.29, 0.717) is 25.9 Å². The summed E-state index contributed by atoms with van der Waals surface area (Å²) in [5.74, 6) is -0.125. The van der Waals surface area contributed by atoms with Crippen molar-refractivity contribution in [2.24, 2.45) is 0 Å². The van der Waals surface area contributed by atoms with Gasteiger partial charge < -0.3 is 14.8 Å². The van der Waals surface area contributed by atoms with Gasteiger partial charge in [0.05, 0.1) is 18.9 Å². The van der Waals surface area contributed by atoms with Crippen LogP contribution in [0, 0.1) is 6.92 Å². The van der Waals surface area contributed by atoms with E-state index < -0.39 is 21.5 Å². The molecule has 2 aromatic carbocycles. The highest BCUT2D eigenvalue weighted by molar-refractivity contribution is 7.88. The lowest BCUT2D eigenvalue weighted by Crippen LogP contribution is -2.62. The fourth-order valence-corrected chi connectivity index (χ4v) is 7.27. The average Bonchev–Trinajstić information content (AvgIpc) is 3.32. The molecule has 0 saturated carbocycles. The third kappa shape index (κ3) is 4.01. The van der Waals surface area contributed by atoms with Crippen LogP contribution in [-0.2, 0) is 22.1 Å². The van der Waals surface area contributed by atoms with Crippen LogP contribution in [0.4, 0.5) is 0 Å². The van der Waals surface area contributed by atoms with E-state index >= 15 is 0 Å². The third-order valence-corrected chi connectivity index (χ3v) is 9.17. The number of H-pyrrole nitrogens is 1. The van der Waals surface area contributed by atoms with Crippen molar-refractivity contribution in [1.29, 1.82) is 0 Å². The molecule has 8 nitrogen and oxygen atoms in total. The number of benzene rings is 2. The Bertz CT molecular complexity index is 1380. The maximum absolute atomic E-state index is 12.5. The number of aryl methyl sites for hydroxylation is 1. The fraction of sp³-hybridized carbons (Fsp3) is 0.423. The van der Waals surface area contributed by atoms with Gasteiger partial charge in [-0.2, -0.15) is 4.31 Å². The lowest BCUT2D eigenvalue weighted by atomic mass is 9.73. The minimum atomic E-state index is -3.30. The van der Waals surface area contributed by atoms with Crippen LogP contribution in [0.1, 0.15) is 46.3 Å². The van der Waals surface area contributed by atoms with E-state index in [4.69, 9.17) is 4.74 Å². The molecular weight excluding hydrogens is 466 g/mol. The first-order valence-electron chi connectivity index (χ1n) is 11.8. The van der Waals surface area contributed by atoms with Gasteiger partial charge in [-0.05, 0) is 61.6 Å². The van der Waals surface area contributed by atoms with E-state index in [-0.39, 0.29) is 11.6 Å². The van der Waals surface area contributed by atoms with Crippen LogP contribution >= 0.6 is 0 Å². The number of ether oxygens (including phenoxy) is 1. The summed E-state index contributed by atoms with van der Waals surface area (Å²) in [6.07, 6.45) is 5.27. The molecule has 0 radical (unpaired) electrons. The lowest BCUT2D eigenvalue weighted by molar-refractivity contribution is -0.0349. The van der Waals surface area contributed by atoms with E-state index in [1.165, 1.54) is 6.26 Å². The molecule has 2 bridgehead atoms. The van der Waals surface area contributed by atoms with E-state index in [1.807, 2.05) is 18.3 Å². The number of carbonyl (C=O) groups is 1. The van der Waals surface area contributed by atoms with Gasteiger partial charge in [0.15, 0.2) is 0 Å². The number of rotatable bonds is 6. The van der Waals surface area contributed by atoms with Gasteiger partial charge in [-0.3, -0.25) is 4.90 Å². The number of aromatic nitrogens is 1. The van der Waals surface area contributed by atoms with Crippen molar-refractivity contribution >= 4 is 26.9 Å². The standard InChI is InChI=1S/C26H31N3O5S/c1-17-14-23(34-2)22(21-8-11-27-24(17)21)16-28-12-9-20-15-26(28,10-13-29(20)35(3,32)33)19-6-4-18(5-7-19)25(30)31/h4-8,11,14,20,27H,9-10,12-13,15-16H2,1-3H3,(H,30,31)/t20-,26-/m1/s1. The molecule has 3 aromatic rings. The van der Waals surface area contributed by atoms with Crippen molar-refractivity contribution in [2.45, 2.75) is 44.3 Å². The number of nitrogens with zero attached hydrogens (tertiary/aromatic N) is 2. The van der Waals surface area contributed by atoms with Crippen LogP contribution < -0.4 is 4.74 Å². The summed E-state index contributed by atoms with van der Waals surface area (Å²) in [5, 5.41) is 10.5. The van der Waals surface area contributed by atoms with Gasteiger partial charge in [-0.25, -0.2) is 13.2 Å². The smallest absolute Gasteiger partial charge is 0.335 e. The second-order valence-electron chi connectivity index (χ2n) is 9.75. The molecule has 2 N–H and O–H groups in total. The Balaban J connectivity index is 1.59. The quantitative estimate of drug-likeness (QED) is 0.538. The zero-order valence-electron chi connectivity index (χ0n) is 20.2. The van der Waals surface area contributed by atoms with Crippen molar-refractivity contribution in [1.82, 2.24) is 14.2 Å². The summed E-state index contributed by atoms with van der Waals surface area (Å²) in [6.45, 7) is 3.86. The highest BCUT2D eigenvalue weighted by Crippen LogP contribution is 2.47. The Kier molecular flexibility index (Phi) is 5.89. The lowest BCUT2D eigenvalue weighted by Gasteiger charge is -2.56. The van der Waals surface area contributed by atoms with Gasteiger partial charge in [0.25, 0.3) is 0 Å². The number of aromatic amines is 1. The number of nitrogens with one attached hydrogen (secondary N) is 1. The Hall–Kier alpha value is -2.88. The van der Waals surface area contributed by atoms with Crippen LogP contribution in [0.3, 0.4) is 0 Å². The monoisotopic (exact) mass is 497 g/mol. The first-order chi connectivity index (χ1) is 16.6. The van der Waals surface area contributed by atoms with Crippen LogP contribution in [0.15, 0.2) is 42.6 Å². The van der Waals surface area contributed by atoms with Crippen molar-refractivity contribution in [2.75, 3.05) is 26.5 Å². The van der Waals surface area contributed by atoms with Gasteiger partial charge in [-0.1, -0.05) is 12.1 Å². The van der Waals surface area contributed by atoms with Crippen molar-refractivity contribution in [3.63, 3.8) is 0 Å². The summed E-state index contributed by atoms with van der Waals surface area (Å²) >= 11 is 0. The molecule has 0 spiro atoms. The number of methoxy groups -OCH3 is 1. The molecule has 0 amide bonds. The molecule has 9 heteroatoms. The highest BCUT2D eigenvalue weighted by atomic mass is 32.2. The summed E-state index contributed by atoms with van der Waals surface area (Å²) in [6, 6.07) is 11.1. The fourth-order valence-electron chi connectivity index (χ4n) is 6.13. The topological polar surface area (TPSA) is 103 Å². The zero-order chi connectivity index (χ0) is 25.0. The number of hydrogen-bond acceptors (Lipinski definition) is 5. The predicted octanol–water partition coefficient (Wildman–Crippen LogP) is 3.71. The maximum atomic E-state index is 12.5. The van der Waals surface area contributed by atoms with Crippen molar-refractivity contribution in [3.8, 4) is 5.75 Å². The minimum absolute atomic E-state index is 0.0821. The number of aromatic carboxylic acids is 1. The first kappa shape index (κ1) is 23.8. The Morgan fingerprint density at radius 1 is 1.23 bits per heavy atom. The SMILES string of the molecule is COc1cc(C)c2[nH]ccc2c1CN1CC[C@@H]2C[C@@]1(c1ccc(C(=O)O)cc1)CCN2S(C)(=O)=O. The Morgan fingerprint density at radius 2 is 1.97 bits per heavy atom. The number of carboxylic acid groups (broad SMARTS) is 1.